The highest BCUT2D eigenvalue weighted by Crippen LogP contribution is 2.29. The average Bonchev–Trinajstić information content (AvgIpc) is 3.59. The van der Waals surface area contributed by atoms with Gasteiger partial charge in [-0.2, -0.15) is 13.2 Å². The van der Waals surface area contributed by atoms with Crippen LogP contribution in [0.1, 0.15) is 38.8 Å². The maximum Gasteiger partial charge on any atom is 0.416 e. The predicted octanol–water partition coefficient (Wildman–Crippen LogP) is 5.79. The molecule has 0 aliphatic carbocycles. The number of amides is 1. The van der Waals surface area contributed by atoms with Gasteiger partial charge in [0, 0.05) is 55.0 Å². The fraction of sp³-hybridized carbons (Fsp3) is 0.233. The zero-order valence-electron chi connectivity index (χ0n) is 21.6. The molecule has 1 amide bonds. The van der Waals surface area contributed by atoms with Gasteiger partial charge in [0.1, 0.15) is 6.26 Å². The van der Waals surface area contributed by atoms with Crippen molar-refractivity contribution in [3.8, 4) is 0 Å². The molecule has 0 radical (unpaired) electrons. The fourth-order valence-corrected chi connectivity index (χ4v) is 4.51. The minimum Gasteiger partial charge on any atom is -0.447 e. The minimum atomic E-state index is -4.39. The first-order chi connectivity index (χ1) is 19.3. The summed E-state index contributed by atoms with van der Waals surface area (Å²) in [5.74, 6) is -0.000252. The van der Waals surface area contributed by atoms with Crippen LogP contribution in [0.15, 0.2) is 89.8 Å². The standard InChI is InChI=1S/C30H28F3N5O2/c31-30(32,33)23-10-8-21(9-11-23)18-38(16-13-22-17-36-26-7-2-1-6-25(22)26)19-28-37-27(20-40-28)29(39)35-15-12-24-5-3-4-14-34-24/h1-11,14,17,20,36H,12-13,15-16,18-19H2,(H,35,39). The summed E-state index contributed by atoms with van der Waals surface area (Å²) >= 11 is 0. The number of nitrogens with one attached hydrogen (secondary N) is 2. The number of nitrogens with zero attached hydrogens (tertiary/aromatic N) is 3. The molecule has 10 heteroatoms. The number of carbonyl (C=O) groups excluding carboxylic acids is 1. The molecule has 2 aromatic carbocycles. The number of halogens is 3. The number of hydrogen-bond acceptors (Lipinski definition) is 5. The second kappa shape index (κ2) is 12.2. The highest BCUT2D eigenvalue weighted by atomic mass is 19.4. The number of aromatic amines is 1. The van der Waals surface area contributed by atoms with Crippen LogP contribution in [0, 0.1) is 0 Å². The molecule has 5 rings (SSSR count). The Labute approximate surface area is 229 Å². The number of oxazole rings is 1. The Hall–Kier alpha value is -4.44. The molecule has 2 N–H and O–H groups in total. The summed E-state index contributed by atoms with van der Waals surface area (Å²) in [6.07, 6.45) is 1.90. The molecular weight excluding hydrogens is 519 g/mol. The van der Waals surface area contributed by atoms with Gasteiger partial charge in [0.2, 0.25) is 5.89 Å². The smallest absolute Gasteiger partial charge is 0.416 e. The first kappa shape index (κ1) is 27.1. The van der Waals surface area contributed by atoms with Gasteiger partial charge in [0.15, 0.2) is 5.69 Å². The summed E-state index contributed by atoms with van der Waals surface area (Å²) in [7, 11) is 0. The molecule has 7 nitrogen and oxygen atoms in total. The van der Waals surface area contributed by atoms with Gasteiger partial charge in [-0.3, -0.25) is 14.7 Å². The molecule has 0 fully saturated rings. The van der Waals surface area contributed by atoms with E-state index < -0.39 is 11.7 Å². The highest BCUT2D eigenvalue weighted by Gasteiger charge is 2.30. The Morgan fingerprint density at radius 1 is 0.975 bits per heavy atom. The Kier molecular flexibility index (Phi) is 8.26. The number of benzene rings is 2. The van der Waals surface area contributed by atoms with Crippen LogP contribution in [-0.2, 0) is 32.1 Å². The topological polar surface area (TPSA) is 87.0 Å². The van der Waals surface area contributed by atoms with Crippen LogP contribution < -0.4 is 5.32 Å². The van der Waals surface area contributed by atoms with E-state index in [2.05, 4.69) is 20.3 Å². The van der Waals surface area contributed by atoms with Gasteiger partial charge in [-0.1, -0.05) is 36.4 Å². The summed E-state index contributed by atoms with van der Waals surface area (Å²) in [6.45, 7) is 1.67. The van der Waals surface area contributed by atoms with Crippen LogP contribution in [0.4, 0.5) is 13.2 Å². The maximum atomic E-state index is 13.0. The van der Waals surface area contributed by atoms with Crippen molar-refractivity contribution in [1.29, 1.82) is 0 Å². The maximum absolute atomic E-state index is 13.0. The second-order valence-corrected chi connectivity index (χ2v) is 9.47. The van der Waals surface area contributed by atoms with Crippen molar-refractivity contribution in [3.63, 3.8) is 0 Å². The number of hydrogen-bond donors (Lipinski definition) is 2. The quantitative estimate of drug-likeness (QED) is 0.219. The molecule has 0 saturated carbocycles. The van der Waals surface area contributed by atoms with E-state index in [1.165, 1.54) is 18.4 Å². The molecule has 0 aliphatic heterocycles. The lowest BCUT2D eigenvalue weighted by Gasteiger charge is -2.21. The number of aromatic nitrogens is 3. The van der Waals surface area contributed by atoms with Crippen LogP contribution >= 0.6 is 0 Å². The van der Waals surface area contributed by atoms with E-state index in [1.54, 1.807) is 6.20 Å². The summed E-state index contributed by atoms with van der Waals surface area (Å²) < 4.78 is 44.7. The third kappa shape index (κ3) is 6.95. The second-order valence-electron chi connectivity index (χ2n) is 9.47. The van der Waals surface area contributed by atoms with E-state index in [0.29, 0.717) is 38.4 Å². The minimum absolute atomic E-state index is 0.169. The molecule has 0 spiro atoms. The van der Waals surface area contributed by atoms with Crippen molar-refractivity contribution in [2.45, 2.75) is 32.1 Å². The normalized spacial score (nSPS) is 11.8. The first-order valence-corrected chi connectivity index (χ1v) is 12.9. The van der Waals surface area contributed by atoms with E-state index in [4.69, 9.17) is 4.42 Å². The van der Waals surface area contributed by atoms with Crippen molar-refractivity contribution >= 4 is 16.8 Å². The van der Waals surface area contributed by atoms with Gasteiger partial charge >= 0.3 is 6.18 Å². The van der Waals surface area contributed by atoms with Crippen molar-refractivity contribution in [2.75, 3.05) is 13.1 Å². The Bertz CT molecular complexity index is 1550. The number of para-hydroxylation sites is 1. The highest BCUT2D eigenvalue weighted by molar-refractivity contribution is 5.91. The van der Waals surface area contributed by atoms with Gasteiger partial charge in [-0.15, -0.1) is 0 Å². The molecule has 0 bridgehead atoms. The predicted molar refractivity (Wildman–Crippen MR) is 144 cm³/mol. The summed E-state index contributed by atoms with van der Waals surface area (Å²) in [4.78, 5) is 26.5. The fourth-order valence-electron chi connectivity index (χ4n) is 4.51. The monoisotopic (exact) mass is 547 g/mol. The number of alkyl halides is 3. The lowest BCUT2D eigenvalue weighted by Crippen LogP contribution is -2.27. The summed E-state index contributed by atoms with van der Waals surface area (Å²) in [5.41, 5.74) is 3.26. The number of carbonyl (C=O) groups is 1. The molecule has 0 saturated heterocycles. The Morgan fingerprint density at radius 3 is 2.55 bits per heavy atom. The number of pyridine rings is 1. The number of fused-ring (bicyclic) bond motifs is 1. The third-order valence-electron chi connectivity index (χ3n) is 6.60. The van der Waals surface area contributed by atoms with Crippen molar-refractivity contribution < 1.29 is 22.4 Å². The molecule has 0 unspecified atom stereocenters. The van der Waals surface area contributed by atoms with Crippen molar-refractivity contribution in [1.82, 2.24) is 25.2 Å². The zero-order valence-corrected chi connectivity index (χ0v) is 21.6. The SMILES string of the molecule is O=C(NCCc1ccccn1)c1coc(CN(CCc2c[nH]c3ccccc23)Cc2ccc(C(F)(F)F)cc2)n1. The van der Waals surface area contributed by atoms with Gasteiger partial charge < -0.3 is 14.7 Å². The molecule has 0 atom stereocenters. The molecule has 206 valence electrons. The molecule has 5 aromatic rings. The van der Waals surface area contributed by atoms with Crippen LogP contribution in [0.3, 0.4) is 0 Å². The molecule has 0 aliphatic rings. The van der Waals surface area contributed by atoms with Crippen molar-refractivity contribution in [2.24, 2.45) is 0 Å². The van der Waals surface area contributed by atoms with E-state index in [-0.39, 0.29) is 18.1 Å². The number of H-pyrrole nitrogens is 1. The van der Waals surface area contributed by atoms with E-state index in [9.17, 15) is 18.0 Å². The van der Waals surface area contributed by atoms with Gasteiger partial charge in [-0.05, 0) is 47.9 Å². The third-order valence-corrected chi connectivity index (χ3v) is 6.60. The summed E-state index contributed by atoms with van der Waals surface area (Å²) in [6, 6.07) is 18.8. The Morgan fingerprint density at radius 2 is 1.77 bits per heavy atom. The van der Waals surface area contributed by atoms with E-state index in [1.807, 2.05) is 53.6 Å². The lowest BCUT2D eigenvalue weighted by molar-refractivity contribution is -0.137. The zero-order chi connectivity index (χ0) is 28.0. The van der Waals surface area contributed by atoms with Crippen LogP contribution in [0.25, 0.3) is 10.9 Å². The van der Waals surface area contributed by atoms with Crippen molar-refractivity contribution in [3.05, 3.63) is 119 Å². The lowest BCUT2D eigenvalue weighted by atomic mass is 10.1. The molecular formula is C30H28F3N5O2. The first-order valence-electron chi connectivity index (χ1n) is 12.9. The molecule has 3 heterocycles. The van der Waals surface area contributed by atoms with Crippen LogP contribution in [0.5, 0.6) is 0 Å². The van der Waals surface area contributed by atoms with E-state index >= 15 is 0 Å². The Balaban J connectivity index is 1.25. The van der Waals surface area contributed by atoms with E-state index in [0.717, 1.165) is 39.9 Å². The summed E-state index contributed by atoms with van der Waals surface area (Å²) in [5, 5.41) is 3.94. The van der Waals surface area contributed by atoms with Crippen LogP contribution in [0.2, 0.25) is 0 Å². The number of rotatable bonds is 11. The molecule has 3 aromatic heterocycles. The average molecular weight is 548 g/mol. The largest absolute Gasteiger partial charge is 0.447 e. The van der Waals surface area contributed by atoms with Gasteiger partial charge in [-0.25, -0.2) is 4.98 Å². The molecule has 40 heavy (non-hydrogen) atoms. The van der Waals surface area contributed by atoms with Gasteiger partial charge in [0.25, 0.3) is 5.91 Å². The van der Waals surface area contributed by atoms with Gasteiger partial charge in [0.05, 0.1) is 12.1 Å². The van der Waals surface area contributed by atoms with Crippen LogP contribution in [-0.4, -0.2) is 38.8 Å².